The second kappa shape index (κ2) is 6.44. The van der Waals surface area contributed by atoms with Gasteiger partial charge in [0.2, 0.25) is 0 Å². The van der Waals surface area contributed by atoms with E-state index >= 15 is 0 Å². The maximum absolute atomic E-state index is 9.62. The molecule has 0 unspecified atom stereocenters. The molecule has 1 aromatic rings. The Morgan fingerprint density at radius 3 is 2.58 bits per heavy atom. The van der Waals surface area contributed by atoms with Crippen LogP contribution in [0.25, 0.3) is 0 Å². The van der Waals surface area contributed by atoms with Crippen LogP contribution in [0.1, 0.15) is 51.0 Å². The normalized spacial score (nSPS) is 26.9. The fraction of sp³-hybridized carbons (Fsp3) is 0.588. The van der Waals surface area contributed by atoms with E-state index in [-0.39, 0.29) is 5.41 Å². The van der Waals surface area contributed by atoms with Crippen LogP contribution in [0.2, 0.25) is 5.02 Å². The van der Waals surface area contributed by atoms with E-state index in [9.17, 15) is 5.26 Å². The lowest BCUT2D eigenvalue weighted by molar-refractivity contribution is 0.201. The number of nitriles is 1. The second-order valence-electron chi connectivity index (χ2n) is 5.89. The lowest BCUT2D eigenvalue weighted by atomic mass is 9.67. The first-order valence-corrected chi connectivity index (χ1v) is 7.71. The third-order valence-electron chi connectivity index (χ3n) is 4.48. The number of hydrogen-bond donors (Lipinski definition) is 0. The van der Waals surface area contributed by atoms with Crippen LogP contribution >= 0.6 is 11.6 Å². The van der Waals surface area contributed by atoms with Crippen LogP contribution in [0.5, 0.6) is 0 Å². The molecule has 1 aromatic carbocycles. The largest absolute Gasteiger partial charge is 0.198 e. The van der Waals surface area contributed by atoms with Gasteiger partial charge in [-0.2, -0.15) is 5.26 Å². The highest BCUT2D eigenvalue weighted by Crippen LogP contribution is 2.43. The molecule has 1 aliphatic carbocycles. The van der Waals surface area contributed by atoms with Crippen molar-refractivity contribution < 1.29 is 0 Å². The van der Waals surface area contributed by atoms with Crippen molar-refractivity contribution in [2.75, 3.05) is 0 Å². The van der Waals surface area contributed by atoms with Crippen molar-refractivity contribution in [3.05, 3.63) is 34.9 Å². The SMILES string of the molecule is CCCC1CCC(C#N)(Cc2ccccc2Cl)CC1. The number of hydrogen-bond acceptors (Lipinski definition) is 1. The Morgan fingerprint density at radius 2 is 2.00 bits per heavy atom. The summed E-state index contributed by atoms with van der Waals surface area (Å²) in [6.07, 6.45) is 7.83. The molecule has 0 radical (unpaired) electrons. The lowest BCUT2D eigenvalue weighted by Crippen LogP contribution is -2.28. The van der Waals surface area contributed by atoms with Crippen molar-refractivity contribution in [2.45, 2.75) is 51.9 Å². The summed E-state index contributed by atoms with van der Waals surface area (Å²) < 4.78 is 0. The first-order valence-electron chi connectivity index (χ1n) is 7.34. The molecule has 0 aromatic heterocycles. The molecule has 1 saturated carbocycles. The minimum absolute atomic E-state index is 0.185. The van der Waals surface area contributed by atoms with Gasteiger partial charge in [0, 0.05) is 5.02 Å². The van der Waals surface area contributed by atoms with Gasteiger partial charge in [-0.25, -0.2) is 0 Å². The quantitative estimate of drug-likeness (QED) is 0.723. The monoisotopic (exact) mass is 275 g/mol. The van der Waals surface area contributed by atoms with Crippen LogP contribution in [0.4, 0.5) is 0 Å². The third kappa shape index (κ3) is 3.51. The van der Waals surface area contributed by atoms with Crippen LogP contribution in [-0.2, 0) is 6.42 Å². The summed E-state index contributed by atoms with van der Waals surface area (Å²) in [5.74, 6) is 0.831. The van der Waals surface area contributed by atoms with Crippen LogP contribution in [0.3, 0.4) is 0 Å². The molecule has 0 saturated heterocycles. The molecule has 2 rings (SSSR count). The highest BCUT2D eigenvalue weighted by Gasteiger charge is 2.35. The van der Waals surface area contributed by atoms with E-state index in [4.69, 9.17) is 11.6 Å². The molecule has 0 heterocycles. The average molecular weight is 276 g/mol. The van der Waals surface area contributed by atoms with E-state index in [0.717, 1.165) is 35.8 Å². The van der Waals surface area contributed by atoms with Crippen LogP contribution in [0, 0.1) is 22.7 Å². The summed E-state index contributed by atoms with van der Waals surface area (Å²) in [6, 6.07) is 10.5. The van der Waals surface area contributed by atoms with Gasteiger partial charge in [0.1, 0.15) is 0 Å². The van der Waals surface area contributed by atoms with Gasteiger partial charge < -0.3 is 0 Å². The van der Waals surface area contributed by atoms with Gasteiger partial charge in [-0.3, -0.25) is 0 Å². The molecule has 1 aliphatic rings. The molecule has 0 aliphatic heterocycles. The molecule has 102 valence electrons. The van der Waals surface area contributed by atoms with Crippen molar-refractivity contribution in [1.82, 2.24) is 0 Å². The molecule has 0 atom stereocenters. The topological polar surface area (TPSA) is 23.8 Å². The number of benzene rings is 1. The molecular formula is C17H22ClN. The third-order valence-corrected chi connectivity index (χ3v) is 4.85. The van der Waals surface area contributed by atoms with E-state index in [0.29, 0.717) is 0 Å². The molecule has 0 spiro atoms. The van der Waals surface area contributed by atoms with Gasteiger partial charge in [0.05, 0.1) is 11.5 Å². The van der Waals surface area contributed by atoms with Crippen LogP contribution in [0.15, 0.2) is 24.3 Å². The van der Waals surface area contributed by atoms with Crippen molar-refractivity contribution in [3.63, 3.8) is 0 Å². The average Bonchev–Trinajstić information content (AvgIpc) is 2.44. The zero-order valence-corrected chi connectivity index (χ0v) is 12.4. The Hall–Kier alpha value is -1.00. The molecule has 0 amide bonds. The van der Waals surface area contributed by atoms with Crippen LogP contribution in [-0.4, -0.2) is 0 Å². The molecule has 1 fully saturated rings. The van der Waals surface area contributed by atoms with Gasteiger partial charge in [-0.1, -0.05) is 49.6 Å². The van der Waals surface area contributed by atoms with Crippen molar-refractivity contribution in [3.8, 4) is 6.07 Å². The zero-order valence-electron chi connectivity index (χ0n) is 11.7. The highest BCUT2D eigenvalue weighted by atomic mass is 35.5. The summed E-state index contributed by atoms with van der Waals surface area (Å²) in [5, 5.41) is 10.4. The summed E-state index contributed by atoms with van der Waals surface area (Å²) in [5.41, 5.74) is 0.939. The van der Waals surface area contributed by atoms with Gasteiger partial charge in [-0.05, 0) is 49.7 Å². The van der Waals surface area contributed by atoms with E-state index in [1.807, 2.05) is 18.2 Å². The molecule has 0 N–H and O–H groups in total. The lowest BCUT2D eigenvalue weighted by Gasteiger charge is -2.35. The van der Waals surface area contributed by atoms with Gasteiger partial charge >= 0.3 is 0 Å². The predicted molar refractivity (Wildman–Crippen MR) is 80.1 cm³/mol. The summed E-state index contributed by atoms with van der Waals surface area (Å²) in [7, 11) is 0. The molecule has 19 heavy (non-hydrogen) atoms. The van der Waals surface area contributed by atoms with E-state index in [1.54, 1.807) is 0 Å². The fourth-order valence-electron chi connectivity index (χ4n) is 3.26. The Bertz CT molecular complexity index is 453. The summed E-state index contributed by atoms with van der Waals surface area (Å²) in [6.45, 7) is 2.25. The minimum atomic E-state index is -0.185. The Balaban J connectivity index is 2.05. The minimum Gasteiger partial charge on any atom is -0.198 e. The van der Waals surface area contributed by atoms with Crippen molar-refractivity contribution in [1.29, 1.82) is 5.26 Å². The zero-order chi connectivity index (χ0) is 13.7. The summed E-state index contributed by atoms with van der Waals surface area (Å²) >= 11 is 6.23. The van der Waals surface area contributed by atoms with E-state index in [1.165, 1.54) is 25.7 Å². The second-order valence-corrected chi connectivity index (χ2v) is 6.30. The van der Waals surface area contributed by atoms with Crippen molar-refractivity contribution in [2.24, 2.45) is 11.3 Å². The molecule has 2 heteroatoms. The van der Waals surface area contributed by atoms with Crippen LogP contribution < -0.4 is 0 Å². The smallest absolute Gasteiger partial charge is 0.0693 e. The van der Waals surface area contributed by atoms with Gasteiger partial charge in [0.15, 0.2) is 0 Å². The molecular weight excluding hydrogens is 254 g/mol. The number of nitrogens with zero attached hydrogens (tertiary/aromatic N) is 1. The fourth-order valence-corrected chi connectivity index (χ4v) is 3.46. The van der Waals surface area contributed by atoms with E-state index < -0.39 is 0 Å². The molecule has 0 bridgehead atoms. The van der Waals surface area contributed by atoms with E-state index in [2.05, 4.69) is 19.1 Å². The first-order chi connectivity index (χ1) is 9.19. The Morgan fingerprint density at radius 1 is 1.32 bits per heavy atom. The number of rotatable bonds is 4. The molecule has 1 nitrogen and oxygen atoms in total. The summed E-state index contributed by atoms with van der Waals surface area (Å²) in [4.78, 5) is 0. The Labute approximate surface area is 121 Å². The maximum atomic E-state index is 9.62. The first kappa shape index (κ1) is 14.4. The van der Waals surface area contributed by atoms with Gasteiger partial charge in [-0.15, -0.1) is 0 Å². The maximum Gasteiger partial charge on any atom is 0.0693 e. The standard InChI is InChI=1S/C17H22ClN/c1-2-5-14-8-10-17(13-19,11-9-14)12-15-6-3-4-7-16(15)18/h3-4,6-7,14H,2,5,8-12H2,1H3. The number of halogens is 1. The van der Waals surface area contributed by atoms with Gasteiger partial charge in [0.25, 0.3) is 0 Å². The predicted octanol–water partition coefficient (Wildman–Crippen LogP) is 5.38. The Kier molecular flexibility index (Phi) is 4.88. The highest BCUT2D eigenvalue weighted by molar-refractivity contribution is 6.31. The van der Waals surface area contributed by atoms with Crippen molar-refractivity contribution >= 4 is 11.6 Å².